The fourth-order valence-electron chi connectivity index (χ4n) is 2.96. The van der Waals surface area contributed by atoms with Crippen molar-refractivity contribution in [1.82, 2.24) is 14.7 Å². The highest BCUT2D eigenvalue weighted by molar-refractivity contribution is 5.89. The molecule has 2 amide bonds. The molecule has 1 aliphatic rings. The van der Waals surface area contributed by atoms with Gasteiger partial charge in [0.1, 0.15) is 5.75 Å². The topological polar surface area (TPSA) is 96.7 Å². The fraction of sp³-hybridized carbons (Fsp3) is 0.389. The van der Waals surface area contributed by atoms with Crippen molar-refractivity contribution in [3.05, 3.63) is 42.2 Å². The first kappa shape index (κ1) is 17.8. The molecule has 0 unspecified atom stereocenters. The number of amides is 2. The largest absolute Gasteiger partial charge is 0.497 e. The number of benzene rings is 1. The van der Waals surface area contributed by atoms with Crippen molar-refractivity contribution >= 4 is 17.7 Å². The van der Waals surface area contributed by atoms with E-state index in [2.05, 4.69) is 10.4 Å². The lowest BCUT2D eigenvalue weighted by Gasteiger charge is -2.29. The van der Waals surface area contributed by atoms with E-state index >= 15 is 0 Å². The lowest BCUT2D eigenvalue weighted by molar-refractivity contribution is -0.143. The molecule has 0 radical (unpaired) electrons. The number of hydrogen-bond donors (Lipinski definition) is 2. The summed E-state index contributed by atoms with van der Waals surface area (Å²) in [6, 6.07) is 7.49. The van der Waals surface area contributed by atoms with Crippen LogP contribution in [0.5, 0.6) is 5.75 Å². The van der Waals surface area contributed by atoms with E-state index in [1.165, 1.54) is 0 Å². The number of piperidine rings is 1. The number of ether oxygens (including phenoxy) is 1. The van der Waals surface area contributed by atoms with E-state index in [1.807, 2.05) is 24.3 Å². The molecule has 0 bridgehead atoms. The molecule has 2 heterocycles. The van der Waals surface area contributed by atoms with E-state index in [0.29, 0.717) is 38.2 Å². The molecular weight excluding hydrogens is 336 g/mol. The van der Waals surface area contributed by atoms with Gasteiger partial charge in [-0.1, -0.05) is 12.1 Å². The van der Waals surface area contributed by atoms with Crippen LogP contribution in [0.2, 0.25) is 0 Å². The van der Waals surface area contributed by atoms with Crippen molar-refractivity contribution in [2.75, 3.05) is 25.5 Å². The van der Waals surface area contributed by atoms with Crippen LogP contribution < -0.4 is 10.1 Å². The maximum absolute atomic E-state index is 12.3. The summed E-state index contributed by atoms with van der Waals surface area (Å²) in [5, 5.41) is 16.1. The molecule has 1 saturated heterocycles. The van der Waals surface area contributed by atoms with Crippen LogP contribution in [0.15, 0.2) is 36.7 Å². The molecule has 8 heteroatoms. The van der Waals surface area contributed by atoms with E-state index in [-0.39, 0.29) is 11.9 Å². The van der Waals surface area contributed by atoms with Crippen molar-refractivity contribution in [1.29, 1.82) is 0 Å². The number of carbonyl (C=O) groups excluding carboxylic acids is 1. The summed E-state index contributed by atoms with van der Waals surface area (Å²) < 4.78 is 6.88. The van der Waals surface area contributed by atoms with E-state index < -0.39 is 5.97 Å². The number of urea groups is 1. The number of nitrogens with zero attached hydrogens (tertiary/aromatic N) is 3. The van der Waals surface area contributed by atoms with Crippen molar-refractivity contribution in [2.24, 2.45) is 5.92 Å². The second kappa shape index (κ2) is 7.90. The Hall–Kier alpha value is -3.03. The molecule has 1 aromatic carbocycles. The Morgan fingerprint density at radius 3 is 2.58 bits per heavy atom. The number of aromatic nitrogens is 2. The number of likely N-dealkylation sites (tertiary alicyclic amines) is 1. The zero-order valence-electron chi connectivity index (χ0n) is 14.6. The van der Waals surface area contributed by atoms with Crippen molar-refractivity contribution in [3.8, 4) is 5.75 Å². The third kappa shape index (κ3) is 4.33. The molecular formula is C18H22N4O4. The van der Waals surface area contributed by atoms with Gasteiger partial charge in [-0.3, -0.25) is 9.48 Å². The number of hydrogen-bond acceptors (Lipinski definition) is 4. The Morgan fingerprint density at radius 2 is 1.96 bits per heavy atom. The predicted octanol–water partition coefficient (Wildman–Crippen LogP) is 2.27. The minimum absolute atomic E-state index is 0.224. The van der Waals surface area contributed by atoms with Gasteiger partial charge in [0.15, 0.2) is 0 Å². The summed E-state index contributed by atoms with van der Waals surface area (Å²) in [7, 11) is 1.63. The standard InChI is InChI=1S/C18H22N4O4/c1-26-16-4-2-13(3-5-16)11-22-12-15(10-19-22)20-18(25)21-8-6-14(7-9-21)17(23)24/h2-5,10,12,14H,6-9,11H2,1H3,(H,20,25)(H,23,24). The number of rotatable bonds is 5. The third-order valence-corrected chi connectivity index (χ3v) is 4.52. The molecule has 1 aromatic heterocycles. The normalized spacial score (nSPS) is 14.9. The van der Waals surface area contributed by atoms with Gasteiger partial charge in [-0.15, -0.1) is 0 Å². The first-order chi connectivity index (χ1) is 12.5. The SMILES string of the molecule is COc1ccc(Cn2cc(NC(=O)N3CCC(C(=O)O)CC3)cn2)cc1. The maximum atomic E-state index is 12.3. The number of nitrogens with one attached hydrogen (secondary N) is 1. The van der Waals surface area contributed by atoms with Crippen molar-refractivity contribution in [2.45, 2.75) is 19.4 Å². The van der Waals surface area contributed by atoms with Gasteiger partial charge in [0.05, 0.1) is 31.5 Å². The van der Waals surface area contributed by atoms with Gasteiger partial charge in [-0.25, -0.2) is 4.79 Å². The highest BCUT2D eigenvalue weighted by Crippen LogP contribution is 2.18. The van der Waals surface area contributed by atoms with Crippen LogP contribution in [0, 0.1) is 5.92 Å². The van der Waals surface area contributed by atoms with Gasteiger partial charge >= 0.3 is 12.0 Å². The average Bonchev–Trinajstić information content (AvgIpc) is 3.09. The summed E-state index contributed by atoms with van der Waals surface area (Å²) >= 11 is 0. The van der Waals surface area contributed by atoms with E-state index in [0.717, 1.165) is 11.3 Å². The second-order valence-corrected chi connectivity index (χ2v) is 6.30. The lowest BCUT2D eigenvalue weighted by Crippen LogP contribution is -2.42. The van der Waals surface area contributed by atoms with Gasteiger partial charge in [0, 0.05) is 19.3 Å². The van der Waals surface area contributed by atoms with Gasteiger partial charge in [0.2, 0.25) is 0 Å². The summed E-state index contributed by atoms with van der Waals surface area (Å²) in [6.45, 7) is 1.48. The predicted molar refractivity (Wildman–Crippen MR) is 95.3 cm³/mol. The van der Waals surface area contributed by atoms with Gasteiger partial charge in [-0.2, -0.15) is 5.10 Å². The second-order valence-electron chi connectivity index (χ2n) is 6.30. The van der Waals surface area contributed by atoms with Crippen LogP contribution in [-0.4, -0.2) is 52.0 Å². The molecule has 138 valence electrons. The summed E-state index contributed by atoms with van der Waals surface area (Å²) in [6.07, 6.45) is 4.34. The number of aliphatic carboxylic acids is 1. The third-order valence-electron chi connectivity index (χ3n) is 4.52. The first-order valence-electron chi connectivity index (χ1n) is 8.49. The van der Waals surface area contributed by atoms with E-state index in [4.69, 9.17) is 9.84 Å². The van der Waals surface area contributed by atoms with Gasteiger partial charge in [0.25, 0.3) is 0 Å². The molecule has 2 aromatic rings. The summed E-state index contributed by atoms with van der Waals surface area (Å²) in [5.41, 5.74) is 1.69. The average molecular weight is 358 g/mol. The van der Waals surface area contributed by atoms with E-state index in [9.17, 15) is 9.59 Å². The minimum atomic E-state index is -0.787. The molecule has 3 rings (SSSR count). The molecule has 1 fully saturated rings. The smallest absolute Gasteiger partial charge is 0.321 e. The van der Waals surface area contributed by atoms with Crippen molar-refractivity contribution in [3.63, 3.8) is 0 Å². The van der Waals surface area contributed by atoms with Gasteiger partial charge < -0.3 is 20.1 Å². The van der Waals surface area contributed by atoms with Crippen LogP contribution in [-0.2, 0) is 11.3 Å². The minimum Gasteiger partial charge on any atom is -0.497 e. The van der Waals surface area contributed by atoms with Crippen LogP contribution in [0.4, 0.5) is 10.5 Å². The Kier molecular flexibility index (Phi) is 5.40. The number of methoxy groups -OCH3 is 1. The molecule has 0 saturated carbocycles. The summed E-state index contributed by atoms with van der Waals surface area (Å²) in [4.78, 5) is 24.9. The highest BCUT2D eigenvalue weighted by atomic mass is 16.5. The lowest BCUT2D eigenvalue weighted by atomic mass is 9.97. The fourth-order valence-corrected chi connectivity index (χ4v) is 2.96. The molecule has 8 nitrogen and oxygen atoms in total. The molecule has 2 N–H and O–H groups in total. The number of anilines is 1. The van der Waals surface area contributed by atoms with Crippen LogP contribution in [0.1, 0.15) is 18.4 Å². The summed E-state index contributed by atoms with van der Waals surface area (Å²) in [5.74, 6) is -0.343. The Labute approximate surface area is 151 Å². The Balaban J connectivity index is 1.53. The Morgan fingerprint density at radius 1 is 1.27 bits per heavy atom. The molecule has 26 heavy (non-hydrogen) atoms. The quantitative estimate of drug-likeness (QED) is 0.855. The molecule has 0 spiro atoms. The zero-order chi connectivity index (χ0) is 18.5. The maximum Gasteiger partial charge on any atom is 0.321 e. The van der Waals surface area contributed by atoms with Crippen LogP contribution >= 0.6 is 0 Å². The zero-order valence-corrected chi connectivity index (χ0v) is 14.6. The number of carboxylic acid groups (broad SMARTS) is 1. The van der Waals surface area contributed by atoms with Gasteiger partial charge in [-0.05, 0) is 30.5 Å². The van der Waals surface area contributed by atoms with Crippen molar-refractivity contribution < 1.29 is 19.4 Å². The van der Waals surface area contributed by atoms with Crippen LogP contribution in [0.3, 0.4) is 0 Å². The van der Waals surface area contributed by atoms with E-state index in [1.54, 1.807) is 29.1 Å². The highest BCUT2D eigenvalue weighted by Gasteiger charge is 2.27. The molecule has 0 aliphatic carbocycles. The van der Waals surface area contributed by atoms with Crippen LogP contribution in [0.25, 0.3) is 0 Å². The Bertz CT molecular complexity index is 764. The monoisotopic (exact) mass is 358 g/mol. The first-order valence-corrected chi connectivity index (χ1v) is 8.49. The molecule has 1 aliphatic heterocycles. The molecule has 0 atom stereocenters. The number of carboxylic acids is 1. The number of carbonyl (C=O) groups is 2.